The molecule has 3 heteroatoms. The smallest absolute Gasteiger partial charge is 0.248 e. The first-order chi connectivity index (χ1) is 22.6. The molecule has 0 amide bonds. The van der Waals surface area contributed by atoms with E-state index in [1.54, 1.807) is 5.56 Å². The summed E-state index contributed by atoms with van der Waals surface area (Å²) in [7, 11) is 0. The predicted molar refractivity (Wildman–Crippen MR) is 194 cm³/mol. The normalized spacial score (nSPS) is 21.7. The average Bonchev–Trinajstić information content (AvgIpc) is 3.57. The van der Waals surface area contributed by atoms with Gasteiger partial charge in [-0.15, -0.1) is 0 Å². The molecule has 5 aromatic rings. The molecule has 46 heavy (non-hydrogen) atoms. The lowest BCUT2D eigenvalue weighted by Gasteiger charge is -2.47. The lowest BCUT2D eigenvalue weighted by atomic mass is 9.30. The molecule has 3 heterocycles. The van der Waals surface area contributed by atoms with Crippen molar-refractivity contribution in [2.45, 2.75) is 51.5 Å². The van der Waals surface area contributed by atoms with Crippen LogP contribution in [0.2, 0.25) is 0 Å². The number of rotatable bonds is 3. The Kier molecular flexibility index (Phi) is 5.54. The molecular weight excluding hydrogens is 555 g/mol. The topological polar surface area (TPSA) is 6.48 Å². The summed E-state index contributed by atoms with van der Waals surface area (Å²) in [5, 5.41) is 0. The molecule has 2 nitrogen and oxygen atoms in total. The SMILES string of the molecule is CC1(C)C2=C(C(c3ccccc3)=C1c1ccccc1)N(c1ccccc1)c1cccc3c1B2c1cccc2c1N3C1CCCCC21. The number of benzene rings is 5. The van der Waals surface area contributed by atoms with Crippen molar-refractivity contribution in [1.82, 2.24) is 0 Å². The van der Waals surface area contributed by atoms with Gasteiger partial charge in [-0.3, -0.25) is 0 Å². The molecule has 0 radical (unpaired) electrons. The van der Waals surface area contributed by atoms with Crippen LogP contribution in [0, 0.1) is 5.41 Å². The van der Waals surface area contributed by atoms with Crippen molar-refractivity contribution < 1.29 is 0 Å². The van der Waals surface area contributed by atoms with Gasteiger partial charge in [-0.2, -0.15) is 0 Å². The minimum atomic E-state index is -0.222. The molecular formula is C43H37BN2. The fourth-order valence-corrected chi connectivity index (χ4v) is 10.0. The van der Waals surface area contributed by atoms with Gasteiger partial charge in [-0.25, -0.2) is 0 Å². The molecule has 5 aromatic carbocycles. The molecule has 2 atom stereocenters. The highest BCUT2D eigenvalue weighted by Crippen LogP contribution is 2.61. The Labute approximate surface area is 272 Å². The maximum absolute atomic E-state index is 2.80. The Morgan fingerprint density at radius 1 is 0.652 bits per heavy atom. The van der Waals surface area contributed by atoms with Gasteiger partial charge >= 0.3 is 0 Å². The Bertz CT molecular complexity index is 2090. The summed E-state index contributed by atoms with van der Waals surface area (Å²) in [6.07, 6.45) is 5.23. The van der Waals surface area contributed by atoms with E-state index < -0.39 is 0 Å². The number of fused-ring (bicyclic) bond motifs is 6. The van der Waals surface area contributed by atoms with Gasteiger partial charge in [0, 0.05) is 51.4 Å². The first-order valence-electron chi connectivity index (χ1n) is 17.2. The quantitative estimate of drug-likeness (QED) is 0.193. The van der Waals surface area contributed by atoms with Crippen molar-refractivity contribution in [2.75, 3.05) is 9.80 Å². The second kappa shape index (κ2) is 9.63. The minimum Gasteiger partial charge on any atom is -0.338 e. The lowest BCUT2D eigenvalue weighted by molar-refractivity contribution is 0.402. The third-order valence-corrected chi connectivity index (χ3v) is 11.7. The summed E-state index contributed by atoms with van der Waals surface area (Å²) >= 11 is 0. The van der Waals surface area contributed by atoms with E-state index in [0.29, 0.717) is 12.0 Å². The van der Waals surface area contributed by atoms with E-state index in [1.807, 2.05) is 0 Å². The number of hydrogen-bond acceptors (Lipinski definition) is 2. The number of anilines is 4. The summed E-state index contributed by atoms with van der Waals surface area (Å²) < 4.78 is 0. The molecule has 1 saturated carbocycles. The number of allylic oxidation sites excluding steroid dienone is 3. The molecule has 3 aliphatic heterocycles. The standard InChI is InChI=1S/C43H37BN2/c1-43(2)38(29-18-8-4-9-19-29)37(28-16-6-3-7-17-28)41-42(43)44-33-24-14-23-32-31-22-12-13-25-34(31)46(40(32)33)36-27-15-26-35(39(36)44)45(41)30-20-10-5-11-21-30/h3-11,14-21,23-24,26-27,31,34H,12-13,22,25H2,1-2H3. The van der Waals surface area contributed by atoms with Crippen molar-refractivity contribution in [2.24, 2.45) is 5.41 Å². The van der Waals surface area contributed by atoms with Gasteiger partial charge in [-0.05, 0) is 70.3 Å². The van der Waals surface area contributed by atoms with E-state index in [0.717, 1.165) is 0 Å². The van der Waals surface area contributed by atoms with Crippen LogP contribution in [0.3, 0.4) is 0 Å². The lowest BCUT2D eigenvalue weighted by Crippen LogP contribution is -2.58. The third kappa shape index (κ3) is 3.38. The molecule has 1 fully saturated rings. The monoisotopic (exact) mass is 592 g/mol. The number of nitrogens with zero attached hydrogens (tertiary/aromatic N) is 2. The van der Waals surface area contributed by atoms with Gasteiger partial charge in [0.2, 0.25) is 6.71 Å². The van der Waals surface area contributed by atoms with Crippen LogP contribution in [0.5, 0.6) is 0 Å². The third-order valence-electron chi connectivity index (χ3n) is 11.7. The van der Waals surface area contributed by atoms with Crippen LogP contribution in [-0.4, -0.2) is 12.8 Å². The molecule has 5 aliphatic rings. The van der Waals surface area contributed by atoms with Crippen LogP contribution in [0.15, 0.2) is 139 Å². The zero-order valence-corrected chi connectivity index (χ0v) is 26.6. The van der Waals surface area contributed by atoms with Gasteiger partial charge in [-0.1, -0.05) is 135 Å². The summed E-state index contributed by atoms with van der Waals surface area (Å²) in [5.74, 6) is 0.618. The van der Waals surface area contributed by atoms with Crippen LogP contribution in [0.4, 0.5) is 22.7 Å². The first kappa shape index (κ1) is 26.5. The molecule has 0 N–H and O–H groups in total. The van der Waals surface area contributed by atoms with E-state index in [9.17, 15) is 0 Å². The van der Waals surface area contributed by atoms with Gasteiger partial charge in [0.05, 0.1) is 0 Å². The van der Waals surface area contributed by atoms with Crippen LogP contribution in [-0.2, 0) is 0 Å². The van der Waals surface area contributed by atoms with E-state index in [-0.39, 0.29) is 12.1 Å². The molecule has 0 aromatic heterocycles. The highest BCUT2D eigenvalue weighted by molar-refractivity contribution is 6.95. The number of hydrogen-bond donors (Lipinski definition) is 0. The van der Waals surface area contributed by atoms with Crippen molar-refractivity contribution in [3.05, 3.63) is 155 Å². The summed E-state index contributed by atoms with van der Waals surface area (Å²) in [6.45, 7) is 5.17. The average molecular weight is 593 g/mol. The fraction of sp³-hybridized carbons (Fsp3) is 0.209. The minimum absolute atomic E-state index is 0.183. The van der Waals surface area contributed by atoms with Crippen molar-refractivity contribution >= 4 is 51.5 Å². The maximum Gasteiger partial charge on any atom is 0.248 e. The summed E-state index contributed by atoms with van der Waals surface area (Å²) in [4.78, 5) is 5.41. The highest BCUT2D eigenvalue weighted by atomic mass is 15.2. The van der Waals surface area contributed by atoms with Gasteiger partial charge < -0.3 is 9.80 Å². The summed E-state index contributed by atoms with van der Waals surface area (Å²) in [6, 6.07) is 48.4. The van der Waals surface area contributed by atoms with Crippen molar-refractivity contribution in [3.8, 4) is 0 Å². The van der Waals surface area contributed by atoms with E-state index >= 15 is 0 Å². The molecule has 10 rings (SSSR count). The largest absolute Gasteiger partial charge is 0.338 e. The molecule has 0 spiro atoms. The van der Waals surface area contributed by atoms with E-state index in [4.69, 9.17) is 0 Å². The van der Waals surface area contributed by atoms with Crippen LogP contribution in [0.1, 0.15) is 62.1 Å². The Morgan fingerprint density at radius 3 is 2.07 bits per heavy atom. The zero-order chi connectivity index (χ0) is 30.6. The maximum atomic E-state index is 2.80. The fourth-order valence-electron chi connectivity index (χ4n) is 10.0. The second-order valence-corrected chi connectivity index (χ2v) is 14.3. The molecule has 2 unspecified atom stereocenters. The second-order valence-electron chi connectivity index (χ2n) is 14.3. The van der Waals surface area contributed by atoms with Crippen LogP contribution >= 0.6 is 0 Å². The Morgan fingerprint density at radius 2 is 1.30 bits per heavy atom. The van der Waals surface area contributed by atoms with Crippen LogP contribution < -0.4 is 20.7 Å². The first-order valence-corrected chi connectivity index (χ1v) is 17.2. The van der Waals surface area contributed by atoms with Crippen LogP contribution in [0.25, 0.3) is 11.1 Å². The molecule has 222 valence electrons. The summed E-state index contributed by atoms with van der Waals surface area (Å²) in [5.41, 5.74) is 18.1. The molecule has 0 saturated heterocycles. The molecule has 2 aliphatic carbocycles. The van der Waals surface area contributed by atoms with Crippen molar-refractivity contribution in [3.63, 3.8) is 0 Å². The van der Waals surface area contributed by atoms with Gasteiger partial charge in [0.15, 0.2) is 0 Å². The van der Waals surface area contributed by atoms with E-state index in [2.05, 4.69) is 151 Å². The van der Waals surface area contributed by atoms with Gasteiger partial charge in [0.25, 0.3) is 0 Å². The van der Waals surface area contributed by atoms with Crippen molar-refractivity contribution in [1.29, 1.82) is 0 Å². The number of para-hydroxylation sites is 2. The van der Waals surface area contributed by atoms with Gasteiger partial charge in [0.1, 0.15) is 0 Å². The zero-order valence-electron chi connectivity index (χ0n) is 26.6. The highest BCUT2D eigenvalue weighted by Gasteiger charge is 2.56. The Hall–Kier alpha value is -4.76. The predicted octanol–water partition coefficient (Wildman–Crippen LogP) is 9.38. The van der Waals surface area contributed by atoms with E-state index in [1.165, 1.54) is 92.8 Å². The molecule has 0 bridgehead atoms. The Balaban J connectivity index is 1.34.